The number of amides is 3. The Morgan fingerprint density at radius 1 is 1.37 bits per heavy atom. The molecular weight excluding hydrogens is 418 g/mol. The smallest absolute Gasteiger partial charge is 0.246 e. The Hall–Kier alpha value is -1.19. The van der Waals surface area contributed by atoms with Gasteiger partial charge in [0, 0.05) is 31.1 Å². The van der Waals surface area contributed by atoms with Crippen molar-refractivity contribution in [2.24, 2.45) is 11.8 Å². The van der Waals surface area contributed by atoms with Crippen molar-refractivity contribution in [3.8, 4) is 0 Å². The Morgan fingerprint density at radius 2 is 2.07 bits per heavy atom. The van der Waals surface area contributed by atoms with Crippen LogP contribution >= 0.6 is 15.9 Å². The number of aliphatic hydroxyl groups excluding tert-OH is 1. The van der Waals surface area contributed by atoms with Crippen LogP contribution in [0.4, 0.5) is 0 Å². The number of alkyl halides is 1. The zero-order chi connectivity index (χ0) is 19.9. The zero-order valence-electron chi connectivity index (χ0n) is 15.9. The van der Waals surface area contributed by atoms with E-state index in [0.717, 1.165) is 0 Å². The summed E-state index contributed by atoms with van der Waals surface area (Å²) in [5.41, 5.74) is -0.995. The number of carbonyl (C=O) groups excluding carboxylic acids is 3. The molecule has 3 fully saturated rings. The van der Waals surface area contributed by atoms with Crippen molar-refractivity contribution in [1.82, 2.24) is 15.5 Å². The molecule has 3 aliphatic heterocycles. The number of ether oxygens (including phenoxy) is 1. The predicted molar refractivity (Wildman–Crippen MR) is 101 cm³/mol. The van der Waals surface area contributed by atoms with Gasteiger partial charge in [-0.15, -0.1) is 0 Å². The molecule has 3 rings (SSSR count). The number of fused-ring (bicyclic) bond motifs is 1. The van der Waals surface area contributed by atoms with Crippen LogP contribution in [0.1, 0.15) is 33.1 Å². The van der Waals surface area contributed by atoms with Crippen molar-refractivity contribution in [2.75, 3.05) is 20.2 Å². The molecular formula is C18H28BrN3O5. The maximum atomic E-state index is 13.3. The molecule has 0 aliphatic carbocycles. The van der Waals surface area contributed by atoms with Crippen molar-refractivity contribution >= 4 is 33.7 Å². The molecule has 3 aliphatic rings. The van der Waals surface area contributed by atoms with Gasteiger partial charge in [-0.1, -0.05) is 15.9 Å². The van der Waals surface area contributed by atoms with Crippen LogP contribution in [0, 0.1) is 11.8 Å². The molecule has 9 heteroatoms. The van der Waals surface area contributed by atoms with Crippen molar-refractivity contribution in [1.29, 1.82) is 0 Å². The first-order valence-corrected chi connectivity index (χ1v) is 10.4. The lowest BCUT2D eigenvalue weighted by Crippen LogP contribution is -2.56. The molecule has 0 aromatic rings. The highest BCUT2D eigenvalue weighted by Gasteiger charge is 2.76. The van der Waals surface area contributed by atoms with Gasteiger partial charge >= 0.3 is 0 Å². The molecule has 3 N–H and O–H groups in total. The van der Waals surface area contributed by atoms with E-state index in [1.54, 1.807) is 11.9 Å². The van der Waals surface area contributed by atoms with Crippen LogP contribution < -0.4 is 10.6 Å². The fourth-order valence-corrected chi connectivity index (χ4v) is 5.84. The standard InChI is InChI=1S/C18H28BrN3O5/c1-9(2)21-16(25)14-18-8-10(19)13(27-18)11(15(24)20-3)12(18)17(26)22(14)6-4-5-7-23/h9-14,23H,4-8H2,1-3H3,(H,20,24)(H,21,25)/t10?,11-,12-,13-,14?,18?/m0/s1. The molecule has 152 valence electrons. The highest BCUT2D eigenvalue weighted by molar-refractivity contribution is 9.09. The van der Waals surface area contributed by atoms with E-state index in [4.69, 9.17) is 9.84 Å². The molecule has 0 radical (unpaired) electrons. The van der Waals surface area contributed by atoms with E-state index in [0.29, 0.717) is 25.8 Å². The number of carbonyl (C=O) groups is 3. The lowest BCUT2D eigenvalue weighted by molar-refractivity contribution is -0.142. The highest BCUT2D eigenvalue weighted by Crippen LogP contribution is 2.59. The summed E-state index contributed by atoms with van der Waals surface area (Å²) in [6.45, 7) is 4.12. The van der Waals surface area contributed by atoms with Crippen LogP contribution in [0.25, 0.3) is 0 Å². The molecule has 6 atom stereocenters. The molecule has 2 bridgehead atoms. The number of aliphatic hydroxyl groups is 1. The summed E-state index contributed by atoms with van der Waals surface area (Å²) in [4.78, 5) is 40.4. The minimum Gasteiger partial charge on any atom is -0.396 e. The largest absolute Gasteiger partial charge is 0.396 e. The monoisotopic (exact) mass is 445 g/mol. The van der Waals surface area contributed by atoms with Gasteiger partial charge in [0.1, 0.15) is 11.6 Å². The SMILES string of the molecule is CNC(=O)[C@H]1[C@H]2C(=O)N(CCCCO)C(C(=O)NC(C)C)C23CC(Br)[C@@H]1O3. The van der Waals surface area contributed by atoms with Crippen LogP contribution in [-0.4, -0.2) is 76.5 Å². The van der Waals surface area contributed by atoms with E-state index >= 15 is 0 Å². The topological polar surface area (TPSA) is 108 Å². The second kappa shape index (κ2) is 7.67. The fraction of sp³-hybridized carbons (Fsp3) is 0.833. The molecule has 0 saturated carbocycles. The van der Waals surface area contributed by atoms with Crippen molar-refractivity contribution in [3.05, 3.63) is 0 Å². The second-order valence-electron chi connectivity index (χ2n) is 7.90. The van der Waals surface area contributed by atoms with Gasteiger partial charge in [0.25, 0.3) is 0 Å². The Kier molecular flexibility index (Phi) is 5.84. The summed E-state index contributed by atoms with van der Waals surface area (Å²) >= 11 is 3.60. The number of nitrogens with zero attached hydrogens (tertiary/aromatic N) is 1. The maximum absolute atomic E-state index is 13.3. The van der Waals surface area contributed by atoms with E-state index in [-0.39, 0.29) is 35.2 Å². The van der Waals surface area contributed by atoms with E-state index in [1.807, 2.05) is 13.8 Å². The number of hydrogen-bond acceptors (Lipinski definition) is 5. The average Bonchev–Trinajstić information content (AvgIpc) is 3.18. The third kappa shape index (κ3) is 3.17. The van der Waals surface area contributed by atoms with Crippen LogP contribution in [0.3, 0.4) is 0 Å². The van der Waals surface area contributed by atoms with Crippen LogP contribution in [0.15, 0.2) is 0 Å². The van der Waals surface area contributed by atoms with Crippen LogP contribution in [0.2, 0.25) is 0 Å². The highest BCUT2D eigenvalue weighted by atomic mass is 79.9. The molecule has 3 saturated heterocycles. The number of rotatable bonds is 7. The fourth-order valence-electron chi connectivity index (χ4n) is 4.89. The normalized spacial score (nSPS) is 37.0. The van der Waals surface area contributed by atoms with Crippen LogP contribution in [0.5, 0.6) is 0 Å². The number of halogens is 1. The van der Waals surface area contributed by atoms with Gasteiger partial charge in [-0.3, -0.25) is 14.4 Å². The molecule has 1 spiro atoms. The first-order chi connectivity index (χ1) is 12.8. The number of hydrogen-bond donors (Lipinski definition) is 3. The minimum atomic E-state index is -0.995. The number of unbranched alkanes of at least 4 members (excludes halogenated alkanes) is 1. The lowest BCUT2D eigenvalue weighted by atomic mass is 9.70. The van der Waals surface area contributed by atoms with Crippen LogP contribution in [-0.2, 0) is 19.1 Å². The van der Waals surface area contributed by atoms with E-state index in [2.05, 4.69) is 26.6 Å². The van der Waals surface area contributed by atoms with Gasteiger partial charge in [0.15, 0.2) is 0 Å². The summed E-state index contributed by atoms with van der Waals surface area (Å²) in [7, 11) is 1.55. The summed E-state index contributed by atoms with van der Waals surface area (Å²) in [5.74, 6) is -1.95. The first kappa shape index (κ1) is 20.5. The van der Waals surface area contributed by atoms with Crippen molar-refractivity contribution < 1.29 is 24.2 Å². The summed E-state index contributed by atoms with van der Waals surface area (Å²) < 4.78 is 6.27. The predicted octanol–water partition coefficient (Wildman–Crippen LogP) is -0.222. The molecule has 0 aromatic heterocycles. The van der Waals surface area contributed by atoms with Gasteiger partial charge in [-0.25, -0.2) is 0 Å². The Labute approximate surface area is 167 Å². The van der Waals surface area contributed by atoms with Gasteiger partial charge in [-0.05, 0) is 33.1 Å². The molecule has 27 heavy (non-hydrogen) atoms. The molecule has 0 aromatic carbocycles. The zero-order valence-corrected chi connectivity index (χ0v) is 17.5. The lowest BCUT2D eigenvalue weighted by Gasteiger charge is -2.34. The van der Waals surface area contributed by atoms with Gasteiger partial charge in [0.2, 0.25) is 17.7 Å². The second-order valence-corrected chi connectivity index (χ2v) is 9.08. The number of nitrogens with one attached hydrogen (secondary N) is 2. The van der Waals surface area contributed by atoms with Gasteiger partial charge in [-0.2, -0.15) is 0 Å². The average molecular weight is 446 g/mol. The van der Waals surface area contributed by atoms with Crippen molar-refractivity contribution in [2.45, 2.75) is 61.7 Å². The third-order valence-electron chi connectivity index (χ3n) is 5.82. The van der Waals surface area contributed by atoms with Gasteiger partial charge < -0.3 is 25.4 Å². The third-order valence-corrected chi connectivity index (χ3v) is 6.67. The number of likely N-dealkylation sites (tertiary alicyclic amines) is 1. The van der Waals surface area contributed by atoms with E-state index in [1.165, 1.54) is 0 Å². The maximum Gasteiger partial charge on any atom is 0.246 e. The summed E-state index contributed by atoms with van der Waals surface area (Å²) in [6, 6.07) is -0.841. The Morgan fingerprint density at radius 3 is 2.67 bits per heavy atom. The Balaban J connectivity index is 1.99. The minimum absolute atomic E-state index is 0.0301. The quantitative estimate of drug-likeness (QED) is 0.370. The van der Waals surface area contributed by atoms with Gasteiger partial charge in [0.05, 0.1) is 17.9 Å². The molecule has 8 nitrogen and oxygen atoms in total. The summed E-state index contributed by atoms with van der Waals surface area (Å²) in [6.07, 6.45) is 1.22. The molecule has 3 amide bonds. The van der Waals surface area contributed by atoms with E-state index in [9.17, 15) is 14.4 Å². The molecule has 3 unspecified atom stereocenters. The molecule has 3 heterocycles. The summed E-state index contributed by atoms with van der Waals surface area (Å²) in [5, 5.41) is 14.6. The van der Waals surface area contributed by atoms with E-state index < -0.39 is 29.6 Å². The Bertz CT molecular complexity index is 630. The van der Waals surface area contributed by atoms with Crippen molar-refractivity contribution in [3.63, 3.8) is 0 Å². The first-order valence-electron chi connectivity index (χ1n) is 9.53.